The number of hydrogen-bond donors (Lipinski definition) is 1. The van der Waals surface area contributed by atoms with Crippen LogP contribution in [-0.2, 0) is 4.74 Å². The Morgan fingerprint density at radius 3 is 2.92 bits per heavy atom. The van der Waals surface area contributed by atoms with Crippen LogP contribution in [0.3, 0.4) is 0 Å². The summed E-state index contributed by atoms with van der Waals surface area (Å²) in [6.07, 6.45) is 4.20. The van der Waals surface area contributed by atoms with E-state index in [1.54, 1.807) is 0 Å². The maximum Gasteiger partial charge on any atom is 0.407 e. The molecule has 0 saturated carbocycles. The van der Waals surface area contributed by atoms with Gasteiger partial charge in [0.05, 0.1) is 0 Å². The standard InChI is InChI=1S/C10H19NO2/c1-4-6-7-8-11-10(12)13-9(3)5-2/h4,9H,1,5-8H2,2-3H3,(H,11,12). The van der Waals surface area contributed by atoms with E-state index in [1.807, 2.05) is 19.9 Å². The smallest absolute Gasteiger partial charge is 0.407 e. The summed E-state index contributed by atoms with van der Waals surface area (Å²) in [5.74, 6) is 0. The lowest BCUT2D eigenvalue weighted by Gasteiger charge is -2.11. The number of carbonyl (C=O) groups is 1. The normalized spacial score (nSPS) is 11.8. The first-order valence-corrected chi connectivity index (χ1v) is 4.76. The highest BCUT2D eigenvalue weighted by Gasteiger charge is 2.05. The van der Waals surface area contributed by atoms with E-state index in [2.05, 4.69) is 11.9 Å². The van der Waals surface area contributed by atoms with E-state index in [0.29, 0.717) is 6.54 Å². The molecule has 0 saturated heterocycles. The quantitative estimate of drug-likeness (QED) is 0.510. The number of ether oxygens (including phenoxy) is 1. The minimum absolute atomic E-state index is 0.000552. The fourth-order valence-electron chi connectivity index (χ4n) is 0.745. The lowest BCUT2D eigenvalue weighted by Crippen LogP contribution is -2.28. The molecule has 0 fully saturated rings. The number of nitrogens with one attached hydrogen (secondary N) is 1. The highest BCUT2D eigenvalue weighted by atomic mass is 16.6. The number of unbranched alkanes of at least 4 members (excludes halogenated alkanes) is 1. The molecule has 0 aromatic rings. The zero-order valence-electron chi connectivity index (χ0n) is 8.51. The Bertz CT molecular complexity index is 157. The van der Waals surface area contributed by atoms with E-state index >= 15 is 0 Å². The third kappa shape index (κ3) is 7.37. The summed E-state index contributed by atoms with van der Waals surface area (Å²) in [6, 6.07) is 0. The molecule has 76 valence electrons. The molecule has 0 spiro atoms. The van der Waals surface area contributed by atoms with Crippen molar-refractivity contribution >= 4 is 6.09 Å². The predicted molar refractivity (Wildman–Crippen MR) is 53.7 cm³/mol. The second-order valence-electron chi connectivity index (χ2n) is 2.98. The van der Waals surface area contributed by atoms with Gasteiger partial charge in [-0.05, 0) is 26.2 Å². The van der Waals surface area contributed by atoms with Crippen molar-refractivity contribution in [3.63, 3.8) is 0 Å². The minimum atomic E-state index is -0.321. The Morgan fingerprint density at radius 1 is 1.69 bits per heavy atom. The molecule has 0 bridgehead atoms. The molecule has 1 N–H and O–H groups in total. The van der Waals surface area contributed by atoms with Gasteiger partial charge in [0.1, 0.15) is 6.10 Å². The van der Waals surface area contributed by atoms with Crippen LogP contribution in [0, 0.1) is 0 Å². The highest BCUT2D eigenvalue weighted by molar-refractivity contribution is 5.67. The molecule has 0 aromatic carbocycles. The molecule has 1 amide bonds. The Morgan fingerprint density at radius 2 is 2.38 bits per heavy atom. The van der Waals surface area contributed by atoms with Gasteiger partial charge in [-0.15, -0.1) is 6.58 Å². The van der Waals surface area contributed by atoms with E-state index in [4.69, 9.17) is 4.74 Å². The molecule has 0 aromatic heterocycles. The maximum absolute atomic E-state index is 11.0. The molecule has 0 heterocycles. The molecule has 13 heavy (non-hydrogen) atoms. The SMILES string of the molecule is C=CCCCNC(=O)OC(C)CC. The van der Waals surface area contributed by atoms with Crippen LogP contribution in [0.25, 0.3) is 0 Å². The fourth-order valence-corrected chi connectivity index (χ4v) is 0.745. The Kier molecular flexibility index (Phi) is 7.07. The molecular formula is C10H19NO2. The summed E-state index contributed by atoms with van der Waals surface area (Å²) < 4.78 is 5.00. The molecule has 0 rings (SSSR count). The zero-order valence-corrected chi connectivity index (χ0v) is 8.51. The highest BCUT2D eigenvalue weighted by Crippen LogP contribution is 1.96. The third-order valence-corrected chi connectivity index (χ3v) is 1.74. The lowest BCUT2D eigenvalue weighted by molar-refractivity contribution is 0.105. The van der Waals surface area contributed by atoms with Crippen molar-refractivity contribution in [2.75, 3.05) is 6.54 Å². The van der Waals surface area contributed by atoms with E-state index in [1.165, 1.54) is 0 Å². The van der Waals surface area contributed by atoms with Crippen LogP contribution in [0.15, 0.2) is 12.7 Å². The largest absolute Gasteiger partial charge is 0.447 e. The number of allylic oxidation sites excluding steroid dienone is 1. The monoisotopic (exact) mass is 185 g/mol. The van der Waals surface area contributed by atoms with Gasteiger partial charge in [-0.1, -0.05) is 13.0 Å². The Hall–Kier alpha value is -0.990. The van der Waals surface area contributed by atoms with Crippen LogP contribution < -0.4 is 5.32 Å². The summed E-state index contributed by atoms with van der Waals surface area (Å²) >= 11 is 0. The molecule has 1 unspecified atom stereocenters. The number of hydrogen-bond acceptors (Lipinski definition) is 2. The molecule has 0 radical (unpaired) electrons. The summed E-state index contributed by atoms with van der Waals surface area (Å²) in [7, 11) is 0. The molecule has 1 atom stereocenters. The van der Waals surface area contributed by atoms with Crippen molar-refractivity contribution in [2.45, 2.75) is 39.2 Å². The number of amides is 1. The summed E-state index contributed by atoms with van der Waals surface area (Å²) in [5.41, 5.74) is 0. The van der Waals surface area contributed by atoms with E-state index in [-0.39, 0.29) is 12.2 Å². The predicted octanol–water partition coefficient (Wildman–Crippen LogP) is 2.48. The molecular weight excluding hydrogens is 166 g/mol. The van der Waals surface area contributed by atoms with Gasteiger partial charge in [0.25, 0.3) is 0 Å². The van der Waals surface area contributed by atoms with Crippen molar-refractivity contribution in [3.05, 3.63) is 12.7 Å². The lowest BCUT2D eigenvalue weighted by atomic mass is 10.3. The summed E-state index contributed by atoms with van der Waals surface area (Å²) in [4.78, 5) is 11.0. The van der Waals surface area contributed by atoms with Gasteiger partial charge in [0, 0.05) is 6.54 Å². The second kappa shape index (κ2) is 7.65. The van der Waals surface area contributed by atoms with Crippen molar-refractivity contribution in [1.82, 2.24) is 5.32 Å². The van der Waals surface area contributed by atoms with Crippen molar-refractivity contribution in [1.29, 1.82) is 0 Å². The van der Waals surface area contributed by atoms with Gasteiger partial charge < -0.3 is 10.1 Å². The Labute approximate surface area is 80.2 Å². The topological polar surface area (TPSA) is 38.3 Å². The number of carbonyl (C=O) groups excluding carboxylic acids is 1. The third-order valence-electron chi connectivity index (χ3n) is 1.74. The van der Waals surface area contributed by atoms with Crippen LogP contribution >= 0.6 is 0 Å². The van der Waals surface area contributed by atoms with Crippen molar-refractivity contribution < 1.29 is 9.53 Å². The number of rotatable bonds is 6. The first-order chi connectivity index (χ1) is 6.20. The van der Waals surface area contributed by atoms with Crippen LogP contribution in [0.1, 0.15) is 33.1 Å². The van der Waals surface area contributed by atoms with Gasteiger partial charge in [-0.3, -0.25) is 0 Å². The van der Waals surface area contributed by atoms with E-state index in [0.717, 1.165) is 19.3 Å². The van der Waals surface area contributed by atoms with Gasteiger partial charge in [-0.2, -0.15) is 0 Å². The average Bonchev–Trinajstić information content (AvgIpc) is 2.12. The summed E-state index contributed by atoms with van der Waals surface area (Å²) in [5, 5.41) is 2.67. The molecule has 0 aliphatic heterocycles. The molecule has 3 heteroatoms. The molecule has 0 aliphatic carbocycles. The van der Waals surface area contributed by atoms with Crippen LogP contribution in [0.4, 0.5) is 4.79 Å². The average molecular weight is 185 g/mol. The van der Waals surface area contributed by atoms with Crippen molar-refractivity contribution in [3.8, 4) is 0 Å². The molecule has 0 aliphatic rings. The molecule has 3 nitrogen and oxygen atoms in total. The fraction of sp³-hybridized carbons (Fsp3) is 0.700. The van der Waals surface area contributed by atoms with Gasteiger partial charge >= 0.3 is 6.09 Å². The van der Waals surface area contributed by atoms with Crippen molar-refractivity contribution in [2.24, 2.45) is 0 Å². The van der Waals surface area contributed by atoms with Gasteiger partial charge in [0.2, 0.25) is 0 Å². The Balaban J connectivity index is 3.35. The zero-order chi connectivity index (χ0) is 10.1. The van der Waals surface area contributed by atoms with Crippen LogP contribution in [0.2, 0.25) is 0 Å². The first kappa shape index (κ1) is 12.0. The number of alkyl carbamates (subject to hydrolysis) is 1. The first-order valence-electron chi connectivity index (χ1n) is 4.76. The van der Waals surface area contributed by atoms with Gasteiger partial charge in [-0.25, -0.2) is 4.79 Å². The van der Waals surface area contributed by atoms with Crippen LogP contribution in [-0.4, -0.2) is 18.7 Å². The van der Waals surface area contributed by atoms with Gasteiger partial charge in [0.15, 0.2) is 0 Å². The summed E-state index contributed by atoms with van der Waals surface area (Å²) in [6.45, 7) is 8.11. The second-order valence-corrected chi connectivity index (χ2v) is 2.98. The maximum atomic E-state index is 11.0. The van der Waals surface area contributed by atoms with Crippen LogP contribution in [0.5, 0.6) is 0 Å². The van der Waals surface area contributed by atoms with E-state index < -0.39 is 0 Å². The minimum Gasteiger partial charge on any atom is -0.447 e. The van der Waals surface area contributed by atoms with E-state index in [9.17, 15) is 4.79 Å².